The Balaban J connectivity index is 3.79. The SMILES string of the molecule is Cc1cc(C)c([Si](C)(C)C(C)(C)C)c(S(=O)(=O)O)c1. The maximum absolute atomic E-state index is 11.7. The van der Waals surface area contributed by atoms with Crippen LogP contribution in [0.5, 0.6) is 0 Å². The molecule has 0 atom stereocenters. The molecule has 0 aromatic heterocycles. The Labute approximate surface area is 117 Å². The summed E-state index contributed by atoms with van der Waals surface area (Å²) in [5, 5.41) is 0.847. The van der Waals surface area contributed by atoms with E-state index in [2.05, 4.69) is 33.9 Å². The molecule has 1 N–H and O–H groups in total. The molecule has 0 spiro atoms. The van der Waals surface area contributed by atoms with Crippen LogP contribution in [0, 0.1) is 13.8 Å². The fourth-order valence-electron chi connectivity index (χ4n) is 2.31. The minimum Gasteiger partial charge on any atom is -0.282 e. The Morgan fingerprint density at radius 2 is 1.58 bits per heavy atom. The molecule has 108 valence electrons. The van der Waals surface area contributed by atoms with Crippen LogP contribution in [0.2, 0.25) is 18.1 Å². The van der Waals surface area contributed by atoms with E-state index in [1.54, 1.807) is 6.07 Å². The van der Waals surface area contributed by atoms with E-state index in [9.17, 15) is 13.0 Å². The van der Waals surface area contributed by atoms with Gasteiger partial charge < -0.3 is 0 Å². The quantitative estimate of drug-likeness (QED) is 0.673. The molecule has 0 aliphatic rings. The van der Waals surface area contributed by atoms with E-state index in [1.165, 1.54) is 0 Å². The van der Waals surface area contributed by atoms with Crippen molar-refractivity contribution < 1.29 is 13.0 Å². The summed E-state index contributed by atoms with van der Waals surface area (Å²) in [6, 6.07) is 3.57. The molecule has 0 amide bonds. The van der Waals surface area contributed by atoms with E-state index in [-0.39, 0.29) is 9.93 Å². The Kier molecular flexibility index (Phi) is 4.07. The molecule has 0 bridgehead atoms. The number of aryl methyl sites for hydroxylation is 2. The van der Waals surface area contributed by atoms with Gasteiger partial charge in [0.15, 0.2) is 0 Å². The summed E-state index contributed by atoms with van der Waals surface area (Å²) < 4.78 is 33.0. The monoisotopic (exact) mass is 300 g/mol. The van der Waals surface area contributed by atoms with E-state index in [4.69, 9.17) is 0 Å². The van der Waals surface area contributed by atoms with Crippen LogP contribution >= 0.6 is 0 Å². The van der Waals surface area contributed by atoms with Crippen LogP contribution in [0.1, 0.15) is 31.9 Å². The third kappa shape index (κ3) is 3.09. The molecule has 1 aromatic rings. The molecule has 0 saturated carbocycles. The molecule has 5 heteroatoms. The van der Waals surface area contributed by atoms with Crippen LogP contribution in [0.25, 0.3) is 0 Å². The molecular weight excluding hydrogens is 276 g/mol. The first kappa shape index (κ1) is 16.4. The smallest absolute Gasteiger partial charge is 0.282 e. The van der Waals surface area contributed by atoms with Crippen molar-refractivity contribution in [3.63, 3.8) is 0 Å². The van der Waals surface area contributed by atoms with Gasteiger partial charge in [0.05, 0.1) is 13.0 Å². The largest absolute Gasteiger partial charge is 0.294 e. The summed E-state index contributed by atoms with van der Waals surface area (Å²) in [6.45, 7) is 14.5. The Hall–Kier alpha value is -0.653. The number of benzene rings is 1. The van der Waals surface area contributed by atoms with Crippen LogP contribution in [0.4, 0.5) is 0 Å². The number of hydrogen-bond donors (Lipinski definition) is 1. The highest BCUT2D eigenvalue weighted by Gasteiger charge is 2.41. The maximum Gasteiger partial charge on any atom is 0.294 e. The molecule has 0 saturated heterocycles. The molecule has 19 heavy (non-hydrogen) atoms. The number of hydrogen-bond acceptors (Lipinski definition) is 2. The Morgan fingerprint density at radius 1 is 1.11 bits per heavy atom. The van der Waals surface area contributed by atoms with Crippen LogP contribution < -0.4 is 5.19 Å². The summed E-state index contributed by atoms with van der Waals surface area (Å²) in [7, 11) is -6.23. The zero-order valence-corrected chi connectivity index (χ0v) is 14.6. The molecule has 0 unspecified atom stereocenters. The highest BCUT2D eigenvalue weighted by molar-refractivity contribution is 7.86. The molecule has 0 fully saturated rings. The normalized spacial score (nSPS) is 13.7. The predicted octanol–water partition coefficient (Wildman–Crippen LogP) is 3.27. The molecule has 0 aliphatic heterocycles. The predicted molar refractivity (Wildman–Crippen MR) is 82.6 cm³/mol. The van der Waals surface area contributed by atoms with Gasteiger partial charge in [-0.05, 0) is 35.7 Å². The van der Waals surface area contributed by atoms with Crippen molar-refractivity contribution in [1.29, 1.82) is 0 Å². The van der Waals surface area contributed by atoms with Crippen molar-refractivity contribution in [2.75, 3.05) is 0 Å². The van der Waals surface area contributed by atoms with Gasteiger partial charge in [-0.2, -0.15) is 8.42 Å². The van der Waals surface area contributed by atoms with Crippen LogP contribution in [0.3, 0.4) is 0 Å². The highest BCUT2D eigenvalue weighted by Crippen LogP contribution is 2.37. The maximum atomic E-state index is 11.7. The second-order valence-electron chi connectivity index (χ2n) is 6.81. The van der Waals surface area contributed by atoms with Gasteiger partial charge in [0.1, 0.15) is 0 Å². The van der Waals surface area contributed by atoms with Gasteiger partial charge in [-0.25, -0.2) is 0 Å². The van der Waals surface area contributed by atoms with Crippen molar-refractivity contribution in [2.24, 2.45) is 0 Å². The molecule has 0 aliphatic carbocycles. The summed E-state index contributed by atoms with van der Waals surface area (Å²) in [5.74, 6) is 0. The second kappa shape index (κ2) is 4.72. The van der Waals surface area contributed by atoms with Crippen molar-refractivity contribution in [3.8, 4) is 0 Å². The van der Waals surface area contributed by atoms with Crippen LogP contribution in [-0.4, -0.2) is 21.0 Å². The zero-order valence-electron chi connectivity index (χ0n) is 12.8. The first-order chi connectivity index (χ1) is 8.28. The van der Waals surface area contributed by atoms with E-state index < -0.39 is 18.2 Å². The molecular formula is C14H24O3SSi. The molecule has 1 aromatic carbocycles. The van der Waals surface area contributed by atoms with Crippen molar-refractivity contribution in [3.05, 3.63) is 23.3 Å². The van der Waals surface area contributed by atoms with Crippen LogP contribution in [-0.2, 0) is 10.1 Å². The second-order valence-corrected chi connectivity index (χ2v) is 13.4. The van der Waals surface area contributed by atoms with Crippen molar-refractivity contribution >= 4 is 23.4 Å². The lowest BCUT2D eigenvalue weighted by Crippen LogP contribution is -2.52. The van der Waals surface area contributed by atoms with E-state index in [0.717, 1.165) is 16.3 Å². The third-order valence-corrected chi connectivity index (χ3v) is 10.9. The standard InChI is InChI=1S/C14H24O3SSi/c1-10-8-11(2)13(12(9-10)18(15,16)17)19(6,7)14(3,4)5/h8-9H,1-7H3,(H,15,16,17). The van der Waals surface area contributed by atoms with E-state index >= 15 is 0 Å². The third-order valence-electron chi connectivity index (χ3n) is 4.22. The average molecular weight is 300 g/mol. The number of rotatable bonds is 2. The molecule has 0 radical (unpaired) electrons. The van der Waals surface area contributed by atoms with E-state index in [0.29, 0.717) is 0 Å². The Morgan fingerprint density at radius 3 is 1.95 bits per heavy atom. The molecule has 3 nitrogen and oxygen atoms in total. The van der Waals surface area contributed by atoms with Gasteiger partial charge in [0.25, 0.3) is 10.1 Å². The zero-order chi connectivity index (χ0) is 15.2. The fourth-order valence-corrected chi connectivity index (χ4v) is 6.71. The summed E-state index contributed by atoms with van der Waals surface area (Å²) >= 11 is 0. The van der Waals surface area contributed by atoms with Gasteiger partial charge in [0.2, 0.25) is 0 Å². The average Bonchev–Trinajstić information content (AvgIpc) is 2.12. The van der Waals surface area contributed by atoms with Gasteiger partial charge in [-0.3, -0.25) is 4.55 Å². The Bertz CT molecular complexity index is 596. The highest BCUT2D eigenvalue weighted by atomic mass is 32.2. The summed E-state index contributed by atoms with van der Waals surface area (Å²) in [4.78, 5) is 0.0941. The van der Waals surface area contributed by atoms with Gasteiger partial charge >= 0.3 is 0 Å². The molecule has 1 rings (SSSR count). The summed E-state index contributed by atoms with van der Waals surface area (Å²) in [5.41, 5.74) is 1.81. The lowest BCUT2D eigenvalue weighted by atomic mass is 10.1. The lowest BCUT2D eigenvalue weighted by Gasteiger charge is -2.39. The minimum absolute atomic E-state index is 0.00641. The van der Waals surface area contributed by atoms with E-state index in [1.807, 2.05) is 19.9 Å². The van der Waals surface area contributed by atoms with Gasteiger partial charge in [-0.1, -0.05) is 45.5 Å². The minimum atomic E-state index is -4.19. The molecule has 0 heterocycles. The topological polar surface area (TPSA) is 54.4 Å². The van der Waals surface area contributed by atoms with Gasteiger partial charge in [-0.15, -0.1) is 0 Å². The van der Waals surface area contributed by atoms with Gasteiger partial charge in [0, 0.05) is 0 Å². The van der Waals surface area contributed by atoms with Crippen molar-refractivity contribution in [2.45, 2.75) is 57.6 Å². The first-order valence-corrected chi connectivity index (χ1v) is 10.8. The first-order valence-electron chi connectivity index (χ1n) is 6.37. The van der Waals surface area contributed by atoms with Crippen LogP contribution in [0.15, 0.2) is 17.0 Å². The lowest BCUT2D eigenvalue weighted by molar-refractivity contribution is 0.483. The summed E-state index contributed by atoms with van der Waals surface area (Å²) in [6.07, 6.45) is 0. The fraction of sp³-hybridized carbons (Fsp3) is 0.571. The van der Waals surface area contributed by atoms with Crippen molar-refractivity contribution in [1.82, 2.24) is 0 Å².